The van der Waals surface area contributed by atoms with Crippen LogP contribution in [0.2, 0.25) is 5.02 Å². The highest BCUT2D eigenvalue weighted by Gasteiger charge is 2.32. The van der Waals surface area contributed by atoms with Gasteiger partial charge >= 0.3 is 0 Å². The van der Waals surface area contributed by atoms with E-state index in [1.807, 2.05) is 50.2 Å². The molecule has 1 fully saturated rings. The molecule has 0 radical (unpaired) electrons. The molecule has 4 aromatic rings. The second-order valence-electron chi connectivity index (χ2n) is 8.62. The molecule has 9 heteroatoms. The van der Waals surface area contributed by atoms with Gasteiger partial charge in [0.15, 0.2) is 15.5 Å². The van der Waals surface area contributed by atoms with E-state index >= 15 is 0 Å². The van der Waals surface area contributed by atoms with Crippen molar-refractivity contribution in [3.8, 4) is 11.3 Å². The summed E-state index contributed by atoms with van der Waals surface area (Å²) in [6.07, 6.45) is 0.471. The van der Waals surface area contributed by atoms with Gasteiger partial charge in [0.25, 0.3) is 5.91 Å². The number of benzene rings is 2. The predicted octanol–water partition coefficient (Wildman–Crippen LogP) is 4.98. The Morgan fingerprint density at radius 1 is 1.12 bits per heavy atom. The Bertz CT molecular complexity index is 1530. The number of nitrogens with zero attached hydrogens (tertiary/aromatic N) is 3. The van der Waals surface area contributed by atoms with Gasteiger partial charge in [-0.1, -0.05) is 48.0 Å². The summed E-state index contributed by atoms with van der Waals surface area (Å²) in [6.45, 7) is 3.71. The van der Waals surface area contributed by atoms with Crippen LogP contribution in [0.1, 0.15) is 34.1 Å². The quantitative estimate of drug-likeness (QED) is 0.431. The van der Waals surface area contributed by atoms with Crippen LogP contribution in [0.5, 0.6) is 0 Å². The number of halogens is 1. The smallest absolute Gasteiger partial charge is 0.256 e. The predicted molar refractivity (Wildman–Crippen MR) is 134 cm³/mol. The van der Waals surface area contributed by atoms with Crippen molar-refractivity contribution in [2.75, 3.05) is 16.8 Å². The zero-order valence-electron chi connectivity index (χ0n) is 18.7. The molecule has 1 aliphatic rings. The molecule has 2 aromatic heterocycles. The number of hydrogen-bond donors (Lipinski definition) is 1. The third kappa shape index (κ3) is 4.19. The minimum absolute atomic E-state index is 0.0176. The largest absolute Gasteiger partial charge is 0.322 e. The van der Waals surface area contributed by atoms with Gasteiger partial charge < -0.3 is 5.32 Å². The fourth-order valence-electron chi connectivity index (χ4n) is 4.39. The zero-order chi connectivity index (χ0) is 24.0. The summed E-state index contributed by atoms with van der Waals surface area (Å²) in [5, 5.41) is 8.75. The van der Waals surface area contributed by atoms with Crippen LogP contribution < -0.4 is 5.32 Å². The first kappa shape index (κ1) is 22.6. The molecule has 2 aromatic carbocycles. The Morgan fingerprint density at radius 3 is 2.59 bits per heavy atom. The summed E-state index contributed by atoms with van der Waals surface area (Å²) in [5.74, 6) is -0.168. The van der Waals surface area contributed by atoms with Crippen LogP contribution in [0, 0.1) is 13.8 Å². The van der Waals surface area contributed by atoms with Crippen LogP contribution in [0.25, 0.3) is 22.3 Å². The molecule has 1 unspecified atom stereocenters. The topological polar surface area (TPSA) is 93.9 Å². The summed E-state index contributed by atoms with van der Waals surface area (Å²) in [5.41, 5.74) is 4.52. The monoisotopic (exact) mass is 494 g/mol. The molecule has 0 saturated carbocycles. The molecule has 1 N–H and O–H groups in total. The Balaban J connectivity index is 1.68. The SMILES string of the molecule is Cc1ccc(Cl)cc1NC(=O)c1cc(-c2ccccc2)nc2c1c(C)nn2C1CCS(=O)(=O)C1. The number of carbonyl (C=O) groups excluding carboxylic acids is 1. The highest BCUT2D eigenvalue weighted by molar-refractivity contribution is 7.91. The third-order valence-electron chi connectivity index (χ3n) is 6.15. The van der Waals surface area contributed by atoms with Gasteiger partial charge in [-0.05, 0) is 44.0 Å². The Kier molecular flexibility index (Phi) is 5.65. The van der Waals surface area contributed by atoms with Crippen molar-refractivity contribution in [1.29, 1.82) is 0 Å². The third-order valence-corrected chi connectivity index (χ3v) is 8.14. The van der Waals surface area contributed by atoms with Crippen LogP contribution in [-0.2, 0) is 9.84 Å². The number of aryl methyl sites for hydroxylation is 2. The van der Waals surface area contributed by atoms with E-state index in [9.17, 15) is 13.2 Å². The lowest BCUT2D eigenvalue weighted by Gasteiger charge is -2.13. The van der Waals surface area contributed by atoms with Gasteiger partial charge in [0, 0.05) is 16.3 Å². The second-order valence-corrected chi connectivity index (χ2v) is 11.3. The molecule has 3 heterocycles. The van der Waals surface area contributed by atoms with Crippen LogP contribution in [0.15, 0.2) is 54.6 Å². The van der Waals surface area contributed by atoms with Crippen LogP contribution >= 0.6 is 11.6 Å². The summed E-state index contributed by atoms with van der Waals surface area (Å²) >= 11 is 6.15. The zero-order valence-corrected chi connectivity index (χ0v) is 20.3. The van der Waals surface area contributed by atoms with Crippen LogP contribution in [0.3, 0.4) is 0 Å². The summed E-state index contributed by atoms with van der Waals surface area (Å²) in [6, 6.07) is 16.3. The molecular formula is C25H23ClN4O3S. The first-order chi connectivity index (χ1) is 16.2. The first-order valence-electron chi connectivity index (χ1n) is 10.9. The fourth-order valence-corrected chi connectivity index (χ4v) is 6.25. The van der Waals surface area contributed by atoms with Crippen molar-refractivity contribution in [2.45, 2.75) is 26.3 Å². The van der Waals surface area contributed by atoms with Gasteiger partial charge in [-0.3, -0.25) is 4.79 Å². The Morgan fingerprint density at radius 2 is 1.88 bits per heavy atom. The number of rotatable bonds is 4. The minimum atomic E-state index is -3.12. The lowest BCUT2D eigenvalue weighted by molar-refractivity contribution is 0.102. The standard InChI is InChI=1S/C25H23ClN4O3S/c1-15-8-9-18(26)12-21(15)28-25(31)20-13-22(17-6-4-3-5-7-17)27-24-23(20)16(2)29-30(24)19-10-11-34(32,33)14-19/h3-9,12-13,19H,10-11,14H2,1-2H3,(H,28,31). The maximum absolute atomic E-state index is 13.5. The van der Waals surface area contributed by atoms with E-state index < -0.39 is 9.84 Å². The average Bonchev–Trinajstić information content (AvgIpc) is 3.35. The number of carbonyl (C=O) groups is 1. The molecule has 34 heavy (non-hydrogen) atoms. The molecule has 1 amide bonds. The number of amides is 1. The summed E-state index contributed by atoms with van der Waals surface area (Å²) in [4.78, 5) is 18.4. The molecule has 0 aliphatic carbocycles. The number of hydrogen-bond acceptors (Lipinski definition) is 5. The molecule has 1 saturated heterocycles. The maximum Gasteiger partial charge on any atom is 0.256 e. The first-order valence-corrected chi connectivity index (χ1v) is 13.1. The normalized spacial score (nSPS) is 17.2. The summed E-state index contributed by atoms with van der Waals surface area (Å²) < 4.78 is 26.0. The average molecular weight is 495 g/mol. The maximum atomic E-state index is 13.5. The van der Waals surface area contributed by atoms with Gasteiger partial charge in [-0.2, -0.15) is 5.10 Å². The number of nitrogens with one attached hydrogen (secondary N) is 1. The van der Waals surface area contributed by atoms with Gasteiger partial charge in [0.05, 0.1) is 39.9 Å². The van der Waals surface area contributed by atoms with E-state index in [4.69, 9.17) is 16.6 Å². The van der Waals surface area contributed by atoms with Gasteiger partial charge in [-0.25, -0.2) is 18.1 Å². The number of fused-ring (bicyclic) bond motifs is 1. The highest BCUT2D eigenvalue weighted by Crippen LogP contribution is 2.32. The van der Waals surface area contributed by atoms with Crippen LogP contribution in [0.4, 0.5) is 5.69 Å². The molecule has 1 aliphatic heterocycles. The molecular weight excluding hydrogens is 472 g/mol. The number of aromatic nitrogens is 3. The van der Waals surface area contributed by atoms with Crippen molar-refractivity contribution in [1.82, 2.24) is 14.8 Å². The molecule has 7 nitrogen and oxygen atoms in total. The van der Waals surface area contributed by atoms with E-state index in [0.29, 0.717) is 45.1 Å². The molecule has 0 spiro atoms. The summed E-state index contributed by atoms with van der Waals surface area (Å²) in [7, 11) is -3.12. The van der Waals surface area contributed by atoms with Crippen molar-refractivity contribution >= 4 is 44.1 Å². The molecule has 1 atom stereocenters. The van der Waals surface area contributed by atoms with E-state index in [1.165, 1.54) is 0 Å². The van der Waals surface area contributed by atoms with Gasteiger partial charge in [-0.15, -0.1) is 0 Å². The van der Waals surface area contributed by atoms with Crippen molar-refractivity contribution in [2.24, 2.45) is 0 Å². The number of anilines is 1. The van der Waals surface area contributed by atoms with Crippen molar-refractivity contribution in [3.05, 3.63) is 76.4 Å². The lowest BCUT2D eigenvalue weighted by Crippen LogP contribution is -2.15. The highest BCUT2D eigenvalue weighted by atomic mass is 35.5. The number of pyridine rings is 1. The van der Waals surface area contributed by atoms with E-state index in [0.717, 1.165) is 11.1 Å². The van der Waals surface area contributed by atoms with Crippen molar-refractivity contribution < 1.29 is 13.2 Å². The van der Waals surface area contributed by atoms with Crippen LogP contribution in [-0.4, -0.2) is 40.6 Å². The lowest BCUT2D eigenvalue weighted by atomic mass is 10.0. The second kappa shape index (κ2) is 8.52. The van der Waals surface area contributed by atoms with Gasteiger partial charge in [0.2, 0.25) is 0 Å². The van der Waals surface area contributed by atoms with E-state index in [2.05, 4.69) is 10.4 Å². The Labute approximate surface area is 202 Å². The van der Waals surface area contributed by atoms with E-state index in [-0.39, 0.29) is 23.5 Å². The number of sulfone groups is 1. The molecule has 0 bridgehead atoms. The van der Waals surface area contributed by atoms with E-state index in [1.54, 1.807) is 22.9 Å². The van der Waals surface area contributed by atoms with Crippen molar-refractivity contribution in [3.63, 3.8) is 0 Å². The molecule has 174 valence electrons. The molecule has 5 rings (SSSR count). The van der Waals surface area contributed by atoms with Gasteiger partial charge in [0.1, 0.15) is 0 Å². The Hall–Kier alpha value is -3.23. The fraction of sp³-hybridized carbons (Fsp3) is 0.240. The minimum Gasteiger partial charge on any atom is -0.322 e.